The predicted molar refractivity (Wildman–Crippen MR) is 160 cm³/mol. The molecule has 0 bridgehead atoms. The van der Waals surface area contributed by atoms with Crippen molar-refractivity contribution >= 4 is 28.7 Å². The summed E-state index contributed by atoms with van der Waals surface area (Å²) < 4.78 is 10.9. The first-order chi connectivity index (χ1) is 20.5. The second-order valence-electron chi connectivity index (χ2n) is 10.7. The summed E-state index contributed by atoms with van der Waals surface area (Å²) in [5.74, 6) is -0.0108. The summed E-state index contributed by atoms with van der Waals surface area (Å²) in [7, 11) is 1.76. The van der Waals surface area contributed by atoms with Gasteiger partial charge in [0.15, 0.2) is 0 Å². The van der Waals surface area contributed by atoms with Crippen LogP contribution < -0.4 is 11.1 Å². The zero-order valence-corrected chi connectivity index (χ0v) is 23.6. The van der Waals surface area contributed by atoms with E-state index in [4.69, 9.17) is 25.2 Å². The van der Waals surface area contributed by atoms with Crippen LogP contribution in [0.4, 0.5) is 5.95 Å². The lowest BCUT2D eigenvalue weighted by Gasteiger charge is -2.28. The van der Waals surface area contributed by atoms with Crippen molar-refractivity contribution in [3.63, 3.8) is 0 Å². The van der Waals surface area contributed by atoms with E-state index in [2.05, 4.69) is 10.3 Å². The highest BCUT2D eigenvalue weighted by molar-refractivity contribution is 6.06. The standard InChI is InChI=1S/C32H34N6O4/c1-41-23-12-10-22(11-13-23)36-32-35-19-27-28(24-4-2-3-5-25(24)30(33)39)34-18-26(29(27)37-32)20-6-8-21(9-7-20)31(40)38-14-16-42-17-15-38/h2-9,18-19,22-23H,10-17H2,1H3,(H2,33,39)(H,35,36,37). The number of hydrogen-bond donors (Lipinski definition) is 2. The Kier molecular flexibility index (Phi) is 8.07. The Morgan fingerprint density at radius 1 is 0.952 bits per heavy atom. The van der Waals surface area contributed by atoms with Gasteiger partial charge in [-0.2, -0.15) is 0 Å². The Morgan fingerprint density at radius 2 is 1.69 bits per heavy atom. The van der Waals surface area contributed by atoms with Crippen LogP contribution in [0.2, 0.25) is 0 Å². The fraction of sp³-hybridized carbons (Fsp3) is 0.344. The maximum atomic E-state index is 13.0. The number of anilines is 1. The molecule has 0 atom stereocenters. The van der Waals surface area contributed by atoms with Crippen molar-refractivity contribution in [2.45, 2.75) is 37.8 Å². The third kappa shape index (κ3) is 5.68. The van der Waals surface area contributed by atoms with E-state index in [1.807, 2.05) is 41.3 Å². The zero-order valence-electron chi connectivity index (χ0n) is 23.6. The lowest BCUT2D eigenvalue weighted by molar-refractivity contribution is 0.0303. The topological polar surface area (TPSA) is 133 Å². The number of carbonyl (C=O) groups is 2. The van der Waals surface area contributed by atoms with E-state index < -0.39 is 5.91 Å². The number of fused-ring (bicyclic) bond motifs is 1. The van der Waals surface area contributed by atoms with Gasteiger partial charge in [-0.1, -0.05) is 30.3 Å². The number of benzene rings is 2. The van der Waals surface area contributed by atoms with Gasteiger partial charge in [0.05, 0.1) is 30.5 Å². The van der Waals surface area contributed by atoms with Crippen LogP contribution in [0.3, 0.4) is 0 Å². The minimum atomic E-state index is -0.531. The predicted octanol–water partition coefficient (Wildman–Crippen LogP) is 4.30. The number of morpholine rings is 1. The average molecular weight is 567 g/mol. The molecule has 10 heteroatoms. The number of amides is 2. The number of methoxy groups -OCH3 is 1. The van der Waals surface area contributed by atoms with Gasteiger partial charge in [0.25, 0.3) is 5.91 Å². The number of aromatic nitrogens is 3. The molecule has 2 amide bonds. The summed E-state index contributed by atoms with van der Waals surface area (Å²) >= 11 is 0. The maximum Gasteiger partial charge on any atom is 0.254 e. The van der Waals surface area contributed by atoms with E-state index in [9.17, 15) is 9.59 Å². The normalized spacial score (nSPS) is 19.0. The van der Waals surface area contributed by atoms with Crippen LogP contribution in [0.5, 0.6) is 0 Å². The van der Waals surface area contributed by atoms with E-state index >= 15 is 0 Å². The molecule has 6 rings (SSSR count). The lowest BCUT2D eigenvalue weighted by atomic mass is 9.93. The van der Waals surface area contributed by atoms with Gasteiger partial charge < -0.3 is 25.4 Å². The number of pyridine rings is 1. The molecule has 0 unspecified atom stereocenters. The quantitative estimate of drug-likeness (QED) is 0.338. The van der Waals surface area contributed by atoms with Crippen LogP contribution in [0.15, 0.2) is 60.9 Å². The minimum Gasteiger partial charge on any atom is -0.381 e. The van der Waals surface area contributed by atoms with Gasteiger partial charge in [0.2, 0.25) is 11.9 Å². The fourth-order valence-electron chi connectivity index (χ4n) is 5.79. The van der Waals surface area contributed by atoms with Gasteiger partial charge in [-0.05, 0) is 49.4 Å². The minimum absolute atomic E-state index is 0.0109. The largest absolute Gasteiger partial charge is 0.381 e. The van der Waals surface area contributed by atoms with E-state index in [0.29, 0.717) is 71.6 Å². The van der Waals surface area contributed by atoms with Gasteiger partial charge in [-0.25, -0.2) is 9.97 Å². The fourth-order valence-corrected chi connectivity index (χ4v) is 5.79. The van der Waals surface area contributed by atoms with Crippen LogP contribution in [-0.2, 0) is 9.47 Å². The molecule has 10 nitrogen and oxygen atoms in total. The molecule has 1 aliphatic carbocycles. The summed E-state index contributed by atoms with van der Waals surface area (Å²) in [6.07, 6.45) is 7.73. The average Bonchev–Trinajstić information content (AvgIpc) is 3.04. The lowest BCUT2D eigenvalue weighted by Crippen LogP contribution is -2.40. The number of hydrogen-bond acceptors (Lipinski definition) is 8. The Labute approximate surface area is 244 Å². The molecule has 2 fully saturated rings. The molecule has 1 saturated heterocycles. The van der Waals surface area contributed by atoms with Gasteiger partial charge in [0.1, 0.15) is 0 Å². The van der Waals surface area contributed by atoms with Gasteiger partial charge >= 0.3 is 0 Å². The van der Waals surface area contributed by atoms with Crippen LogP contribution in [-0.4, -0.2) is 77.2 Å². The number of nitrogens with zero attached hydrogens (tertiary/aromatic N) is 4. The first kappa shape index (κ1) is 27.7. The number of carbonyl (C=O) groups excluding carboxylic acids is 2. The first-order valence-corrected chi connectivity index (χ1v) is 14.3. The molecule has 2 aliphatic rings. The van der Waals surface area contributed by atoms with Crippen molar-refractivity contribution < 1.29 is 19.1 Å². The third-order valence-electron chi connectivity index (χ3n) is 8.15. The van der Waals surface area contributed by atoms with Crippen LogP contribution in [0, 0.1) is 0 Å². The molecule has 3 heterocycles. The maximum absolute atomic E-state index is 13.0. The summed E-state index contributed by atoms with van der Waals surface area (Å²) in [5.41, 5.74) is 10.2. The molecule has 0 spiro atoms. The molecule has 216 valence electrons. The second-order valence-corrected chi connectivity index (χ2v) is 10.7. The van der Waals surface area contributed by atoms with Gasteiger partial charge in [-0.15, -0.1) is 0 Å². The van der Waals surface area contributed by atoms with Gasteiger partial charge in [0, 0.05) is 66.3 Å². The summed E-state index contributed by atoms with van der Waals surface area (Å²) in [6.45, 7) is 2.28. The summed E-state index contributed by atoms with van der Waals surface area (Å²) in [5, 5.41) is 4.21. The number of nitrogens with two attached hydrogens (primary N) is 1. The molecule has 1 aliphatic heterocycles. The molecular weight excluding hydrogens is 532 g/mol. The molecule has 42 heavy (non-hydrogen) atoms. The highest BCUT2D eigenvalue weighted by Gasteiger charge is 2.23. The molecule has 2 aromatic heterocycles. The van der Waals surface area contributed by atoms with Crippen molar-refractivity contribution in [2.24, 2.45) is 5.73 Å². The Bertz CT molecular complexity index is 1590. The molecular formula is C32H34N6O4. The molecule has 1 saturated carbocycles. The number of ether oxygens (including phenoxy) is 2. The number of rotatable bonds is 7. The molecule has 0 radical (unpaired) electrons. The van der Waals surface area contributed by atoms with Gasteiger partial charge in [-0.3, -0.25) is 14.6 Å². The van der Waals surface area contributed by atoms with Crippen LogP contribution in [0.1, 0.15) is 46.4 Å². The Hall–Kier alpha value is -4.41. The summed E-state index contributed by atoms with van der Waals surface area (Å²) in [4.78, 5) is 41.5. The molecule has 4 aromatic rings. The Balaban J connectivity index is 1.39. The van der Waals surface area contributed by atoms with Crippen molar-refractivity contribution in [3.05, 3.63) is 72.1 Å². The van der Waals surface area contributed by atoms with E-state index in [-0.39, 0.29) is 11.9 Å². The van der Waals surface area contributed by atoms with E-state index in [1.165, 1.54) is 0 Å². The second kappa shape index (κ2) is 12.2. The Morgan fingerprint density at radius 3 is 2.40 bits per heavy atom. The smallest absolute Gasteiger partial charge is 0.254 e. The van der Waals surface area contributed by atoms with Crippen molar-refractivity contribution in [1.82, 2.24) is 19.9 Å². The molecule has 3 N–H and O–H groups in total. The first-order valence-electron chi connectivity index (χ1n) is 14.3. The number of nitrogens with one attached hydrogen (secondary N) is 1. The summed E-state index contributed by atoms with van der Waals surface area (Å²) in [6, 6.07) is 14.9. The van der Waals surface area contributed by atoms with E-state index in [1.54, 1.807) is 31.6 Å². The third-order valence-corrected chi connectivity index (χ3v) is 8.15. The monoisotopic (exact) mass is 566 g/mol. The van der Waals surface area contributed by atoms with E-state index in [0.717, 1.165) is 36.8 Å². The zero-order chi connectivity index (χ0) is 29.1. The van der Waals surface area contributed by atoms with Crippen molar-refractivity contribution in [1.29, 1.82) is 0 Å². The van der Waals surface area contributed by atoms with Crippen LogP contribution >= 0.6 is 0 Å². The highest BCUT2D eigenvalue weighted by atomic mass is 16.5. The van der Waals surface area contributed by atoms with Crippen LogP contribution in [0.25, 0.3) is 33.3 Å². The SMILES string of the molecule is COC1CCC(Nc2ncc3c(-c4ccccc4C(N)=O)ncc(-c4ccc(C(=O)N5CCOCC5)cc4)c3n2)CC1. The van der Waals surface area contributed by atoms with Crippen molar-refractivity contribution in [3.8, 4) is 22.4 Å². The molecule has 2 aromatic carbocycles. The van der Waals surface area contributed by atoms with Crippen molar-refractivity contribution in [2.75, 3.05) is 38.7 Å². The number of primary amides is 1. The highest BCUT2D eigenvalue weighted by Crippen LogP contribution is 2.35.